The molecule has 0 spiro atoms. The highest BCUT2D eigenvalue weighted by Gasteiger charge is 2.28. The van der Waals surface area contributed by atoms with Gasteiger partial charge in [0.2, 0.25) is 0 Å². The minimum Gasteiger partial charge on any atom is -0.333 e. The van der Waals surface area contributed by atoms with Gasteiger partial charge in [-0.25, -0.2) is 0 Å². The summed E-state index contributed by atoms with van der Waals surface area (Å²) in [5.41, 5.74) is 6.65. The van der Waals surface area contributed by atoms with Gasteiger partial charge in [0.1, 0.15) is 0 Å². The van der Waals surface area contributed by atoms with E-state index in [9.17, 15) is 4.79 Å². The van der Waals surface area contributed by atoms with Gasteiger partial charge in [-0.1, -0.05) is 29.5 Å². The van der Waals surface area contributed by atoms with E-state index in [0.717, 1.165) is 44.7 Å². The highest BCUT2D eigenvalue weighted by atomic mass is 16.2. The molecule has 0 unspecified atom stereocenters. The fourth-order valence-corrected chi connectivity index (χ4v) is 5.09. The molecule has 1 amide bonds. The van der Waals surface area contributed by atoms with Crippen molar-refractivity contribution >= 4 is 5.91 Å². The van der Waals surface area contributed by atoms with Crippen LogP contribution >= 0.6 is 0 Å². The number of carbonyl (C=O) groups is 1. The Balaban J connectivity index is 1.24. The van der Waals surface area contributed by atoms with Crippen LogP contribution in [0.1, 0.15) is 51.4 Å². The molecule has 0 radical (unpaired) electrons. The second-order valence-corrected chi connectivity index (χ2v) is 9.11. The average Bonchev–Trinajstić information content (AvgIpc) is 3.50. The Morgan fingerprint density at radius 3 is 2.75 bits per heavy atom. The van der Waals surface area contributed by atoms with Crippen LogP contribution in [0.3, 0.4) is 0 Å². The fraction of sp³-hybridized carbons (Fsp3) is 0.500. The molecule has 2 aliphatic rings. The number of hydrogen-bond donors (Lipinski definition) is 0. The molecule has 168 valence electrons. The maximum absolute atomic E-state index is 13.0. The molecular weight excluding hydrogens is 402 g/mol. The van der Waals surface area contributed by atoms with Gasteiger partial charge in [-0.3, -0.25) is 19.1 Å². The number of nitrogens with zero attached hydrogens (tertiary/aromatic N) is 7. The molecule has 1 atom stereocenters. The van der Waals surface area contributed by atoms with Gasteiger partial charge in [-0.05, 0) is 50.8 Å². The number of aryl methyl sites for hydroxylation is 2. The number of amides is 1. The van der Waals surface area contributed by atoms with Gasteiger partial charge in [0, 0.05) is 44.0 Å². The molecule has 0 bridgehead atoms. The van der Waals surface area contributed by atoms with Gasteiger partial charge in [-0.2, -0.15) is 5.10 Å². The van der Waals surface area contributed by atoms with Gasteiger partial charge in [0.25, 0.3) is 5.91 Å². The van der Waals surface area contributed by atoms with E-state index in [2.05, 4.69) is 52.4 Å². The monoisotopic (exact) mass is 433 g/mol. The molecule has 1 fully saturated rings. The molecule has 1 aromatic carbocycles. The molecule has 2 aromatic heterocycles. The molecule has 1 saturated heterocycles. The van der Waals surface area contributed by atoms with Crippen LogP contribution in [0.4, 0.5) is 0 Å². The van der Waals surface area contributed by atoms with Crippen LogP contribution in [0.5, 0.6) is 0 Å². The fourth-order valence-electron chi connectivity index (χ4n) is 5.09. The van der Waals surface area contributed by atoms with Crippen molar-refractivity contribution in [2.45, 2.75) is 58.8 Å². The maximum Gasteiger partial charge on any atom is 0.276 e. The summed E-state index contributed by atoms with van der Waals surface area (Å²) >= 11 is 0. The summed E-state index contributed by atoms with van der Waals surface area (Å²) < 4.78 is 3.81. The van der Waals surface area contributed by atoms with Crippen molar-refractivity contribution in [3.05, 3.63) is 64.2 Å². The standard InChI is InChI=1S/C24H31N7O/c1-17-22(18(2)28(3)26-17)15-29-11-6-9-21(29)14-31-16-23(25-27-31)24(32)30-12-10-19-7-4-5-8-20(19)13-30/h4-5,7-8,16,21H,6,9-15H2,1-3H3/t21-/m0/s1. The van der Waals surface area contributed by atoms with E-state index in [-0.39, 0.29) is 5.91 Å². The van der Waals surface area contributed by atoms with Crippen LogP contribution in [-0.2, 0) is 33.1 Å². The number of rotatable bonds is 5. The first-order valence-electron chi connectivity index (χ1n) is 11.5. The second-order valence-electron chi connectivity index (χ2n) is 9.11. The number of fused-ring (bicyclic) bond motifs is 1. The molecule has 0 N–H and O–H groups in total. The lowest BCUT2D eigenvalue weighted by molar-refractivity contribution is 0.0728. The summed E-state index contributed by atoms with van der Waals surface area (Å²) in [6, 6.07) is 8.73. The quantitative estimate of drug-likeness (QED) is 0.618. The lowest BCUT2D eigenvalue weighted by atomic mass is 10.00. The third-order valence-electron chi connectivity index (χ3n) is 7.09. The average molecular weight is 434 g/mol. The van der Waals surface area contributed by atoms with E-state index >= 15 is 0 Å². The molecule has 3 aromatic rings. The first-order chi connectivity index (χ1) is 15.5. The van der Waals surface area contributed by atoms with Gasteiger partial charge in [0.15, 0.2) is 5.69 Å². The van der Waals surface area contributed by atoms with Crippen molar-refractivity contribution < 1.29 is 4.79 Å². The minimum atomic E-state index is -0.0318. The normalized spacial score (nSPS) is 18.8. The lowest BCUT2D eigenvalue weighted by Crippen LogP contribution is -2.36. The van der Waals surface area contributed by atoms with E-state index in [4.69, 9.17) is 0 Å². The second kappa shape index (κ2) is 8.50. The SMILES string of the molecule is Cc1nn(C)c(C)c1CN1CCC[C@H]1Cn1cc(C(=O)N2CCc3ccccc3C2)nn1. The molecule has 8 heteroatoms. The summed E-state index contributed by atoms with van der Waals surface area (Å²) in [5.74, 6) is -0.0318. The number of carbonyl (C=O) groups excluding carboxylic acids is 1. The summed E-state index contributed by atoms with van der Waals surface area (Å²) in [6.45, 7) is 8.32. The molecule has 2 aliphatic heterocycles. The van der Waals surface area contributed by atoms with Crippen LogP contribution in [0.15, 0.2) is 30.5 Å². The van der Waals surface area contributed by atoms with Gasteiger partial charge in [0.05, 0.1) is 18.4 Å². The first-order valence-corrected chi connectivity index (χ1v) is 11.5. The zero-order valence-electron chi connectivity index (χ0n) is 19.2. The topological polar surface area (TPSA) is 72.1 Å². The number of benzene rings is 1. The minimum absolute atomic E-state index is 0.0318. The Labute approximate surface area is 188 Å². The van der Waals surface area contributed by atoms with E-state index in [1.54, 1.807) is 0 Å². The van der Waals surface area contributed by atoms with E-state index < -0.39 is 0 Å². The Morgan fingerprint density at radius 1 is 1.16 bits per heavy atom. The number of aromatic nitrogens is 5. The van der Waals surface area contributed by atoms with Crippen LogP contribution in [0.25, 0.3) is 0 Å². The third-order valence-corrected chi connectivity index (χ3v) is 7.09. The predicted molar refractivity (Wildman–Crippen MR) is 121 cm³/mol. The maximum atomic E-state index is 13.0. The molecule has 32 heavy (non-hydrogen) atoms. The highest BCUT2D eigenvalue weighted by Crippen LogP contribution is 2.24. The third kappa shape index (κ3) is 3.95. The smallest absolute Gasteiger partial charge is 0.276 e. The molecule has 5 rings (SSSR count). The molecular formula is C24H31N7O. The van der Waals surface area contributed by atoms with Crippen molar-refractivity contribution in [3.8, 4) is 0 Å². The largest absolute Gasteiger partial charge is 0.333 e. The summed E-state index contributed by atoms with van der Waals surface area (Å²) in [5, 5.41) is 13.1. The first kappa shape index (κ1) is 20.9. The van der Waals surface area contributed by atoms with Crippen LogP contribution in [-0.4, -0.2) is 59.6 Å². The number of likely N-dealkylation sites (tertiary alicyclic amines) is 1. The Morgan fingerprint density at radius 2 is 1.97 bits per heavy atom. The molecule has 0 aliphatic carbocycles. The summed E-state index contributed by atoms with van der Waals surface area (Å²) in [6.07, 6.45) is 5.02. The lowest BCUT2D eigenvalue weighted by Gasteiger charge is -2.28. The van der Waals surface area contributed by atoms with E-state index in [1.807, 2.05) is 33.6 Å². The number of hydrogen-bond acceptors (Lipinski definition) is 5. The molecule has 4 heterocycles. The van der Waals surface area contributed by atoms with Crippen LogP contribution in [0, 0.1) is 13.8 Å². The van der Waals surface area contributed by atoms with Crippen molar-refractivity contribution in [1.29, 1.82) is 0 Å². The van der Waals surface area contributed by atoms with Crippen molar-refractivity contribution in [1.82, 2.24) is 34.6 Å². The Kier molecular flexibility index (Phi) is 5.55. The van der Waals surface area contributed by atoms with Crippen molar-refractivity contribution in [2.24, 2.45) is 7.05 Å². The zero-order chi connectivity index (χ0) is 22.2. The molecule has 0 saturated carbocycles. The van der Waals surface area contributed by atoms with Gasteiger partial charge < -0.3 is 4.90 Å². The van der Waals surface area contributed by atoms with E-state index in [1.165, 1.54) is 28.8 Å². The van der Waals surface area contributed by atoms with Crippen molar-refractivity contribution in [3.63, 3.8) is 0 Å². The Bertz CT molecular complexity index is 1130. The summed E-state index contributed by atoms with van der Waals surface area (Å²) in [7, 11) is 2.00. The summed E-state index contributed by atoms with van der Waals surface area (Å²) in [4.78, 5) is 17.4. The van der Waals surface area contributed by atoms with Gasteiger partial charge in [-0.15, -0.1) is 5.10 Å². The predicted octanol–water partition coefficient (Wildman–Crippen LogP) is 2.49. The van der Waals surface area contributed by atoms with E-state index in [0.29, 0.717) is 18.3 Å². The molecule has 8 nitrogen and oxygen atoms in total. The van der Waals surface area contributed by atoms with Gasteiger partial charge >= 0.3 is 0 Å². The van der Waals surface area contributed by atoms with Crippen molar-refractivity contribution in [2.75, 3.05) is 13.1 Å². The van der Waals surface area contributed by atoms with Crippen LogP contribution in [0.2, 0.25) is 0 Å². The van der Waals surface area contributed by atoms with Crippen LogP contribution < -0.4 is 0 Å². The highest BCUT2D eigenvalue weighted by molar-refractivity contribution is 5.92. The Hall–Kier alpha value is -3.00. The zero-order valence-corrected chi connectivity index (χ0v) is 19.2.